The van der Waals surface area contributed by atoms with Crippen LogP contribution in [0, 0.1) is 6.92 Å². The molecule has 118 valence electrons. The van der Waals surface area contributed by atoms with Crippen LogP contribution >= 0.6 is 22.9 Å². The smallest absolute Gasteiger partial charge is 0.305 e. The summed E-state index contributed by atoms with van der Waals surface area (Å²) in [5.74, 6) is -0.948. The van der Waals surface area contributed by atoms with E-state index in [1.54, 1.807) is 6.07 Å². The molecule has 2 aromatic heterocycles. The van der Waals surface area contributed by atoms with Gasteiger partial charge in [-0.2, -0.15) is 0 Å². The van der Waals surface area contributed by atoms with Gasteiger partial charge >= 0.3 is 5.97 Å². The monoisotopic (exact) mass is 348 g/mol. The summed E-state index contributed by atoms with van der Waals surface area (Å²) in [6.07, 6.45) is 1.29. The molecule has 3 aromatic rings. The Morgan fingerprint density at radius 1 is 1.43 bits per heavy atom. The Balaban J connectivity index is 2.14. The number of benzene rings is 1. The SMILES string of the molecule is Cc1cc(-c2csc3ncn(CCC(=O)O)c(=O)c23)ccc1Cl. The third-order valence-corrected chi connectivity index (χ3v) is 4.91. The molecule has 0 amide bonds. The summed E-state index contributed by atoms with van der Waals surface area (Å²) in [6, 6.07) is 5.60. The average molecular weight is 349 g/mol. The maximum atomic E-state index is 12.7. The highest BCUT2D eigenvalue weighted by Crippen LogP contribution is 2.32. The Hall–Kier alpha value is -2.18. The van der Waals surface area contributed by atoms with Gasteiger partial charge in [-0.3, -0.25) is 14.2 Å². The third kappa shape index (κ3) is 3.00. The predicted octanol–water partition coefficient (Wildman–Crippen LogP) is 3.56. The summed E-state index contributed by atoms with van der Waals surface area (Å²) < 4.78 is 1.34. The van der Waals surface area contributed by atoms with Gasteiger partial charge in [-0.15, -0.1) is 11.3 Å². The van der Waals surface area contributed by atoms with E-state index in [9.17, 15) is 9.59 Å². The lowest BCUT2D eigenvalue weighted by Gasteiger charge is -2.06. The average Bonchev–Trinajstić information content (AvgIpc) is 2.94. The fraction of sp³-hybridized carbons (Fsp3) is 0.188. The minimum Gasteiger partial charge on any atom is -0.481 e. The Morgan fingerprint density at radius 3 is 2.91 bits per heavy atom. The van der Waals surface area contributed by atoms with Crippen molar-refractivity contribution < 1.29 is 9.90 Å². The predicted molar refractivity (Wildman–Crippen MR) is 91.3 cm³/mol. The molecule has 23 heavy (non-hydrogen) atoms. The molecule has 0 atom stereocenters. The van der Waals surface area contributed by atoms with Gasteiger partial charge in [0.25, 0.3) is 5.56 Å². The summed E-state index contributed by atoms with van der Waals surface area (Å²) >= 11 is 7.45. The quantitative estimate of drug-likeness (QED) is 0.782. The molecule has 0 aliphatic rings. The standard InChI is InChI=1S/C16H13ClN2O3S/c1-9-6-10(2-3-12(9)17)11-7-23-15-14(11)16(22)19(8-18-15)5-4-13(20)21/h2-3,6-8H,4-5H2,1H3,(H,20,21). The molecule has 1 N–H and O–H groups in total. The molecule has 0 fully saturated rings. The first-order valence-electron chi connectivity index (χ1n) is 6.92. The van der Waals surface area contributed by atoms with E-state index in [1.165, 1.54) is 22.2 Å². The van der Waals surface area contributed by atoms with Gasteiger partial charge in [0, 0.05) is 22.5 Å². The number of halogens is 1. The lowest BCUT2D eigenvalue weighted by atomic mass is 10.0. The second-order valence-corrected chi connectivity index (χ2v) is 6.45. The fourth-order valence-electron chi connectivity index (χ4n) is 2.37. The highest BCUT2D eigenvalue weighted by Gasteiger charge is 2.14. The van der Waals surface area contributed by atoms with Crippen LogP contribution in [0.4, 0.5) is 0 Å². The number of fused-ring (bicyclic) bond motifs is 1. The number of carbonyl (C=O) groups is 1. The van der Waals surface area contributed by atoms with Crippen molar-refractivity contribution in [1.29, 1.82) is 0 Å². The molecule has 0 unspecified atom stereocenters. The molecule has 0 radical (unpaired) electrons. The van der Waals surface area contributed by atoms with Gasteiger partial charge < -0.3 is 5.11 Å². The van der Waals surface area contributed by atoms with Crippen molar-refractivity contribution in [3.05, 3.63) is 50.8 Å². The Bertz CT molecular complexity index is 962. The van der Waals surface area contributed by atoms with Gasteiger partial charge in [-0.05, 0) is 30.2 Å². The van der Waals surface area contributed by atoms with Crippen molar-refractivity contribution >= 4 is 39.1 Å². The summed E-state index contributed by atoms with van der Waals surface area (Å²) in [4.78, 5) is 28.3. The van der Waals surface area contributed by atoms with E-state index < -0.39 is 5.97 Å². The van der Waals surface area contributed by atoms with Crippen LogP contribution in [0.3, 0.4) is 0 Å². The minimum atomic E-state index is -0.948. The van der Waals surface area contributed by atoms with E-state index in [-0.39, 0.29) is 18.5 Å². The van der Waals surface area contributed by atoms with Crippen LogP contribution in [0.5, 0.6) is 0 Å². The molecule has 7 heteroatoms. The molecule has 0 aliphatic heterocycles. The zero-order chi connectivity index (χ0) is 16.6. The summed E-state index contributed by atoms with van der Waals surface area (Å²) in [5.41, 5.74) is 2.40. The van der Waals surface area contributed by atoms with Gasteiger partial charge in [0.1, 0.15) is 4.83 Å². The summed E-state index contributed by atoms with van der Waals surface area (Å²) in [6.45, 7) is 2.01. The van der Waals surface area contributed by atoms with Crippen LogP contribution < -0.4 is 5.56 Å². The number of aryl methyl sites for hydroxylation is 2. The maximum absolute atomic E-state index is 12.7. The zero-order valence-electron chi connectivity index (χ0n) is 12.2. The van der Waals surface area contributed by atoms with Crippen LogP contribution in [0.15, 0.2) is 34.7 Å². The maximum Gasteiger partial charge on any atom is 0.305 e. The first-order valence-corrected chi connectivity index (χ1v) is 8.18. The van der Waals surface area contributed by atoms with E-state index >= 15 is 0 Å². The molecular weight excluding hydrogens is 336 g/mol. The van der Waals surface area contributed by atoms with Crippen LogP contribution in [0.2, 0.25) is 5.02 Å². The molecule has 1 aromatic carbocycles. The van der Waals surface area contributed by atoms with Crippen molar-refractivity contribution in [3.63, 3.8) is 0 Å². The van der Waals surface area contributed by atoms with Crippen molar-refractivity contribution in [1.82, 2.24) is 9.55 Å². The highest BCUT2D eigenvalue weighted by atomic mass is 35.5. The van der Waals surface area contributed by atoms with Crippen molar-refractivity contribution in [2.24, 2.45) is 0 Å². The van der Waals surface area contributed by atoms with Gasteiger partial charge in [0.05, 0.1) is 18.1 Å². The van der Waals surface area contributed by atoms with E-state index in [4.69, 9.17) is 16.7 Å². The third-order valence-electron chi connectivity index (χ3n) is 3.60. The van der Waals surface area contributed by atoms with Crippen molar-refractivity contribution in [2.45, 2.75) is 19.9 Å². The number of hydrogen-bond donors (Lipinski definition) is 1. The fourth-order valence-corrected chi connectivity index (χ4v) is 3.39. The Kier molecular flexibility index (Phi) is 4.19. The molecule has 0 saturated carbocycles. The molecule has 0 saturated heterocycles. The number of hydrogen-bond acceptors (Lipinski definition) is 4. The van der Waals surface area contributed by atoms with Crippen LogP contribution in [0.25, 0.3) is 21.3 Å². The number of aliphatic carboxylic acids is 1. The minimum absolute atomic E-state index is 0.103. The summed E-state index contributed by atoms with van der Waals surface area (Å²) in [7, 11) is 0. The largest absolute Gasteiger partial charge is 0.481 e. The number of carboxylic acids is 1. The molecule has 2 heterocycles. The highest BCUT2D eigenvalue weighted by molar-refractivity contribution is 7.17. The molecule has 0 aliphatic carbocycles. The second-order valence-electron chi connectivity index (χ2n) is 5.18. The number of rotatable bonds is 4. The zero-order valence-corrected chi connectivity index (χ0v) is 13.8. The lowest BCUT2D eigenvalue weighted by Crippen LogP contribution is -2.21. The molecule has 0 bridgehead atoms. The van der Waals surface area contributed by atoms with Crippen LogP contribution in [0.1, 0.15) is 12.0 Å². The van der Waals surface area contributed by atoms with Gasteiger partial charge in [0.15, 0.2) is 0 Å². The molecule has 0 spiro atoms. The number of aromatic nitrogens is 2. The van der Waals surface area contributed by atoms with Gasteiger partial charge in [-0.1, -0.05) is 17.7 Å². The van der Waals surface area contributed by atoms with E-state index in [0.717, 1.165) is 16.7 Å². The van der Waals surface area contributed by atoms with E-state index in [0.29, 0.717) is 15.2 Å². The Labute approximate surface area is 140 Å². The van der Waals surface area contributed by atoms with E-state index in [2.05, 4.69) is 4.98 Å². The Morgan fingerprint density at radius 2 is 2.22 bits per heavy atom. The van der Waals surface area contributed by atoms with Gasteiger partial charge in [0.2, 0.25) is 0 Å². The lowest BCUT2D eigenvalue weighted by molar-refractivity contribution is -0.137. The summed E-state index contributed by atoms with van der Waals surface area (Å²) in [5, 5.41) is 11.9. The second kappa shape index (κ2) is 6.14. The van der Waals surface area contributed by atoms with E-state index in [1.807, 2.05) is 24.4 Å². The number of nitrogens with zero attached hydrogens (tertiary/aromatic N) is 2. The van der Waals surface area contributed by atoms with Crippen molar-refractivity contribution in [2.75, 3.05) is 0 Å². The number of carboxylic acid groups (broad SMARTS) is 1. The number of thiophene rings is 1. The first-order chi connectivity index (χ1) is 11.0. The van der Waals surface area contributed by atoms with Gasteiger partial charge in [-0.25, -0.2) is 4.98 Å². The van der Waals surface area contributed by atoms with Crippen LogP contribution in [-0.2, 0) is 11.3 Å². The first kappa shape index (κ1) is 15.7. The molecular formula is C16H13ClN2O3S. The molecule has 5 nitrogen and oxygen atoms in total. The molecule has 3 rings (SSSR count). The normalized spacial score (nSPS) is 11.0. The van der Waals surface area contributed by atoms with Crippen LogP contribution in [-0.4, -0.2) is 20.6 Å². The topological polar surface area (TPSA) is 72.2 Å². The van der Waals surface area contributed by atoms with Crippen molar-refractivity contribution in [3.8, 4) is 11.1 Å².